The van der Waals surface area contributed by atoms with E-state index in [-0.39, 0.29) is 12.0 Å². The van der Waals surface area contributed by atoms with Gasteiger partial charge in [-0.05, 0) is 5.57 Å². The number of Topliss-reactive ketones (excluding diaryl/α,β-unsaturated/α-hetero) is 1. The highest BCUT2D eigenvalue weighted by Crippen LogP contribution is 2.04. The van der Waals surface area contributed by atoms with Gasteiger partial charge in [0.15, 0.2) is 5.78 Å². The van der Waals surface area contributed by atoms with Gasteiger partial charge in [0, 0.05) is 6.42 Å². The lowest BCUT2D eigenvalue weighted by Gasteiger charge is -1.99. The van der Waals surface area contributed by atoms with Crippen molar-refractivity contribution in [3.05, 3.63) is 37.0 Å². The molecule has 0 spiro atoms. The van der Waals surface area contributed by atoms with Crippen LogP contribution >= 0.6 is 0 Å². The topological polar surface area (TPSA) is 60.2 Å². The van der Waals surface area contributed by atoms with Crippen LogP contribution in [0.25, 0.3) is 0 Å². The quantitative estimate of drug-likeness (QED) is 0.282. The molecule has 0 aromatic heterocycles. The standard InChI is InChI=1S/C9H11NO2/c1-4-6(2)5-8(11)7(3)9(10)12/h4H,1-3,5H2,(H2,10,12). The Morgan fingerprint density at radius 2 is 1.83 bits per heavy atom. The van der Waals surface area contributed by atoms with Crippen molar-refractivity contribution in [1.82, 2.24) is 0 Å². The SMILES string of the molecule is C=CC(=C)CC(=O)C(=C)C(N)=O. The fourth-order valence-corrected chi connectivity index (χ4v) is 0.523. The summed E-state index contributed by atoms with van der Waals surface area (Å²) in [6.45, 7) is 10.2. The molecule has 0 rings (SSSR count). The lowest BCUT2D eigenvalue weighted by molar-refractivity contribution is -0.120. The smallest absolute Gasteiger partial charge is 0.251 e. The highest BCUT2D eigenvalue weighted by atomic mass is 16.2. The minimum absolute atomic E-state index is 0.0469. The number of allylic oxidation sites excluding steroid dienone is 2. The first-order valence-electron chi connectivity index (χ1n) is 3.31. The number of amides is 1. The number of rotatable bonds is 5. The van der Waals surface area contributed by atoms with Gasteiger partial charge in [-0.15, -0.1) is 0 Å². The van der Waals surface area contributed by atoms with Gasteiger partial charge < -0.3 is 5.73 Å². The Bertz CT molecular complexity index is 264. The van der Waals surface area contributed by atoms with E-state index in [4.69, 9.17) is 5.73 Å². The van der Waals surface area contributed by atoms with Crippen LogP contribution < -0.4 is 5.73 Å². The molecular weight excluding hydrogens is 154 g/mol. The van der Waals surface area contributed by atoms with Gasteiger partial charge in [0.05, 0.1) is 5.57 Å². The van der Waals surface area contributed by atoms with Gasteiger partial charge >= 0.3 is 0 Å². The average molecular weight is 165 g/mol. The second kappa shape index (κ2) is 4.28. The molecule has 3 heteroatoms. The molecule has 0 saturated heterocycles. The summed E-state index contributed by atoms with van der Waals surface area (Å²) in [4.78, 5) is 21.5. The van der Waals surface area contributed by atoms with Crippen LogP contribution in [0.1, 0.15) is 6.42 Å². The summed E-state index contributed by atoms with van der Waals surface area (Å²) in [6, 6.07) is 0. The fourth-order valence-electron chi connectivity index (χ4n) is 0.523. The Morgan fingerprint density at radius 1 is 1.33 bits per heavy atom. The summed E-state index contributed by atoms with van der Waals surface area (Å²) in [7, 11) is 0. The van der Waals surface area contributed by atoms with Crippen molar-refractivity contribution in [1.29, 1.82) is 0 Å². The maximum Gasteiger partial charge on any atom is 0.251 e. The largest absolute Gasteiger partial charge is 0.366 e. The Kier molecular flexibility index (Phi) is 3.70. The number of nitrogens with two attached hydrogens (primary N) is 1. The van der Waals surface area contributed by atoms with Crippen LogP contribution in [0.15, 0.2) is 37.0 Å². The predicted octanol–water partition coefficient (Wildman–Crippen LogP) is 0.729. The zero-order valence-corrected chi connectivity index (χ0v) is 6.80. The number of primary amides is 1. The monoisotopic (exact) mass is 165 g/mol. The van der Waals surface area contributed by atoms with Crippen LogP contribution in [-0.4, -0.2) is 11.7 Å². The van der Waals surface area contributed by atoms with Crippen LogP contribution in [-0.2, 0) is 9.59 Å². The van der Waals surface area contributed by atoms with Crippen molar-refractivity contribution >= 4 is 11.7 Å². The molecule has 0 aromatic rings. The molecule has 0 unspecified atom stereocenters. The van der Waals surface area contributed by atoms with E-state index in [2.05, 4.69) is 19.7 Å². The molecule has 0 bridgehead atoms. The summed E-state index contributed by atoms with van der Waals surface area (Å²) in [6.07, 6.45) is 1.50. The lowest BCUT2D eigenvalue weighted by Crippen LogP contribution is -2.19. The summed E-state index contributed by atoms with van der Waals surface area (Å²) in [5.74, 6) is -1.20. The van der Waals surface area contributed by atoms with Crippen LogP contribution in [0.4, 0.5) is 0 Å². The third kappa shape index (κ3) is 2.96. The van der Waals surface area contributed by atoms with E-state index in [9.17, 15) is 9.59 Å². The second-order valence-electron chi connectivity index (χ2n) is 2.31. The van der Waals surface area contributed by atoms with Crippen LogP contribution in [0, 0.1) is 0 Å². The van der Waals surface area contributed by atoms with E-state index in [1.165, 1.54) is 6.08 Å². The van der Waals surface area contributed by atoms with Crippen molar-refractivity contribution < 1.29 is 9.59 Å². The van der Waals surface area contributed by atoms with Crippen LogP contribution in [0.3, 0.4) is 0 Å². The zero-order valence-electron chi connectivity index (χ0n) is 6.80. The third-order valence-corrected chi connectivity index (χ3v) is 1.31. The molecule has 1 amide bonds. The lowest BCUT2D eigenvalue weighted by atomic mass is 10.1. The fraction of sp³-hybridized carbons (Fsp3) is 0.111. The molecule has 64 valence electrons. The van der Waals surface area contributed by atoms with Crippen LogP contribution in [0.2, 0.25) is 0 Å². The van der Waals surface area contributed by atoms with E-state index in [0.29, 0.717) is 5.57 Å². The maximum atomic E-state index is 11.0. The molecule has 3 nitrogen and oxygen atoms in total. The van der Waals surface area contributed by atoms with E-state index < -0.39 is 11.7 Å². The highest BCUT2D eigenvalue weighted by molar-refractivity contribution is 6.18. The summed E-state index contributed by atoms with van der Waals surface area (Å²) >= 11 is 0. The first-order chi connectivity index (χ1) is 5.49. The molecule has 0 heterocycles. The van der Waals surface area contributed by atoms with Crippen LogP contribution in [0.5, 0.6) is 0 Å². The van der Waals surface area contributed by atoms with Gasteiger partial charge in [-0.3, -0.25) is 9.59 Å². The number of carbonyl (C=O) groups excluding carboxylic acids is 2. The van der Waals surface area contributed by atoms with Gasteiger partial charge in [-0.25, -0.2) is 0 Å². The van der Waals surface area contributed by atoms with Crippen molar-refractivity contribution in [2.24, 2.45) is 5.73 Å². The van der Waals surface area contributed by atoms with E-state index in [0.717, 1.165) is 0 Å². The van der Waals surface area contributed by atoms with Crippen molar-refractivity contribution in [3.63, 3.8) is 0 Å². The summed E-state index contributed by atoms with van der Waals surface area (Å²) < 4.78 is 0. The molecule has 0 atom stereocenters. The molecule has 0 aliphatic carbocycles. The number of hydrogen-bond acceptors (Lipinski definition) is 2. The number of hydrogen-bond donors (Lipinski definition) is 1. The molecule has 12 heavy (non-hydrogen) atoms. The number of ketones is 1. The molecule has 0 radical (unpaired) electrons. The molecule has 0 saturated carbocycles. The highest BCUT2D eigenvalue weighted by Gasteiger charge is 2.11. The van der Waals surface area contributed by atoms with E-state index in [1.54, 1.807) is 0 Å². The zero-order chi connectivity index (χ0) is 9.72. The molecule has 2 N–H and O–H groups in total. The summed E-state index contributed by atoms with van der Waals surface area (Å²) in [5, 5.41) is 0. The minimum Gasteiger partial charge on any atom is -0.366 e. The first kappa shape index (κ1) is 10.4. The third-order valence-electron chi connectivity index (χ3n) is 1.31. The Labute approximate surface area is 71.3 Å². The van der Waals surface area contributed by atoms with Gasteiger partial charge in [-0.1, -0.05) is 25.8 Å². The summed E-state index contributed by atoms with van der Waals surface area (Å²) in [5.41, 5.74) is 5.19. The molecular formula is C9H11NO2. The van der Waals surface area contributed by atoms with Gasteiger partial charge in [0.2, 0.25) is 0 Å². The van der Waals surface area contributed by atoms with Crippen molar-refractivity contribution in [2.45, 2.75) is 6.42 Å². The average Bonchev–Trinajstić information content (AvgIpc) is 2.02. The van der Waals surface area contributed by atoms with Gasteiger partial charge in [-0.2, -0.15) is 0 Å². The molecule has 0 aromatic carbocycles. The minimum atomic E-state index is -0.795. The Morgan fingerprint density at radius 3 is 2.17 bits per heavy atom. The van der Waals surface area contributed by atoms with Gasteiger partial charge in [0.1, 0.15) is 0 Å². The van der Waals surface area contributed by atoms with Gasteiger partial charge in [0.25, 0.3) is 5.91 Å². The molecule has 0 aliphatic heterocycles. The number of carbonyl (C=O) groups is 2. The van der Waals surface area contributed by atoms with Crippen molar-refractivity contribution in [2.75, 3.05) is 0 Å². The molecule has 0 aliphatic rings. The van der Waals surface area contributed by atoms with E-state index in [1.807, 2.05) is 0 Å². The normalized spacial score (nSPS) is 8.67. The first-order valence-corrected chi connectivity index (χ1v) is 3.31. The van der Waals surface area contributed by atoms with E-state index >= 15 is 0 Å². The second-order valence-corrected chi connectivity index (χ2v) is 2.31. The predicted molar refractivity (Wildman–Crippen MR) is 47.3 cm³/mol. The Hall–Kier alpha value is -1.64. The Balaban J connectivity index is 4.23. The molecule has 0 fully saturated rings. The van der Waals surface area contributed by atoms with Crippen molar-refractivity contribution in [3.8, 4) is 0 Å². The maximum absolute atomic E-state index is 11.0.